The molecule has 1 amide bonds. The molecule has 1 heterocycles. The summed E-state index contributed by atoms with van der Waals surface area (Å²) < 4.78 is 23.8. The Labute approximate surface area is 144 Å². The molecule has 1 aliphatic heterocycles. The number of rotatable bonds is 6. The number of hydrogen-bond donors (Lipinski definition) is 1. The van der Waals surface area contributed by atoms with Crippen molar-refractivity contribution in [3.63, 3.8) is 0 Å². The summed E-state index contributed by atoms with van der Waals surface area (Å²) in [6.07, 6.45) is 0.726. The minimum absolute atomic E-state index is 0.0399. The van der Waals surface area contributed by atoms with Crippen LogP contribution in [0, 0.1) is 5.82 Å². The fourth-order valence-electron chi connectivity index (χ4n) is 2.32. The molecule has 2 aromatic rings. The van der Waals surface area contributed by atoms with Gasteiger partial charge in [-0.3, -0.25) is 4.79 Å². The van der Waals surface area contributed by atoms with E-state index in [0.29, 0.717) is 25.5 Å². The van der Waals surface area contributed by atoms with Crippen molar-refractivity contribution < 1.29 is 18.7 Å². The van der Waals surface area contributed by atoms with E-state index in [-0.39, 0.29) is 11.7 Å². The zero-order valence-electron chi connectivity index (χ0n) is 13.1. The summed E-state index contributed by atoms with van der Waals surface area (Å²) in [5, 5.41) is 2.89. The molecule has 3 rings (SSSR count). The Morgan fingerprint density at radius 3 is 2.62 bits per heavy atom. The molecule has 0 radical (unpaired) electrons. The van der Waals surface area contributed by atoms with Crippen LogP contribution in [0.3, 0.4) is 0 Å². The fraction of sp³-hybridized carbons (Fsp3) is 0.278. The number of hydrogen-bond acceptors (Lipinski definition) is 4. The third-order valence-electron chi connectivity index (χ3n) is 3.53. The van der Waals surface area contributed by atoms with Gasteiger partial charge in [0.15, 0.2) is 11.5 Å². The van der Waals surface area contributed by atoms with Gasteiger partial charge in [0.1, 0.15) is 19.0 Å². The first-order chi connectivity index (χ1) is 11.7. The van der Waals surface area contributed by atoms with Gasteiger partial charge in [-0.2, -0.15) is 0 Å². The van der Waals surface area contributed by atoms with Crippen molar-refractivity contribution in [1.29, 1.82) is 0 Å². The van der Waals surface area contributed by atoms with Crippen LogP contribution in [0.5, 0.6) is 11.5 Å². The van der Waals surface area contributed by atoms with Crippen molar-refractivity contribution in [2.24, 2.45) is 0 Å². The van der Waals surface area contributed by atoms with Crippen molar-refractivity contribution in [1.82, 2.24) is 5.32 Å². The van der Waals surface area contributed by atoms with Gasteiger partial charge in [-0.25, -0.2) is 4.39 Å². The Bertz CT molecular complexity index is 706. The van der Waals surface area contributed by atoms with E-state index < -0.39 is 0 Å². The van der Waals surface area contributed by atoms with Crippen LogP contribution >= 0.6 is 11.8 Å². The lowest BCUT2D eigenvalue weighted by atomic mass is 10.1. The third kappa shape index (κ3) is 4.64. The fourth-order valence-corrected chi connectivity index (χ4v) is 3.05. The van der Waals surface area contributed by atoms with E-state index in [1.165, 1.54) is 23.9 Å². The van der Waals surface area contributed by atoms with Gasteiger partial charge in [0.25, 0.3) is 0 Å². The van der Waals surface area contributed by atoms with E-state index in [1.54, 1.807) is 12.1 Å². The molecule has 0 aliphatic carbocycles. The normalized spacial score (nSPS) is 12.7. The number of ether oxygens (including phenoxy) is 2. The Morgan fingerprint density at radius 1 is 1.08 bits per heavy atom. The average molecular weight is 347 g/mol. The summed E-state index contributed by atoms with van der Waals surface area (Å²) in [5.41, 5.74) is 1.09. The molecule has 0 atom stereocenters. The lowest BCUT2D eigenvalue weighted by molar-refractivity contribution is -0.118. The zero-order valence-corrected chi connectivity index (χ0v) is 13.9. The molecule has 0 bridgehead atoms. The van der Waals surface area contributed by atoms with Crippen LogP contribution in [-0.4, -0.2) is 31.4 Å². The van der Waals surface area contributed by atoms with Gasteiger partial charge in [-0.1, -0.05) is 6.07 Å². The highest BCUT2D eigenvalue weighted by Crippen LogP contribution is 2.30. The first-order valence-electron chi connectivity index (χ1n) is 7.74. The minimum atomic E-state index is -0.275. The van der Waals surface area contributed by atoms with Crippen molar-refractivity contribution in [3.05, 3.63) is 53.8 Å². The van der Waals surface area contributed by atoms with Gasteiger partial charge in [0.2, 0.25) is 5.91 Å². The Hall–Kier alpha value is -2.21. The average Bonchev–Trinajstić information content (AvgIpc) is 2.61. The van der Waals surface area contributed by atoms with Gasteiger partial charge in [-0.05, 0) is 48.4 Å². The summed E-state index contributed by atoms with van der Waals surface area (Å²) >= 11 is 1.39. The molecule has 0 saturated heterocycles. The Kier molecular flexibility index (Phi) is 5.59. The second-order valence-corrected chi connectivity index (χ2v) is 6.37. The summed E-state index contributed by atoms with van der Waals surface area (Å²) in [5.74, 6) is 1.53. The largest absolute Gasteiger partial charge is 0.486 e. The number of fused-ring (bicyclic) bond motifs is 1. The maximum absolute atomic E-state index is 12.8. The van der Waals surface area contributed by atoms with E-state index in [2.05, 4.69) is 5.32 Å². The van der Waals surface area contributed by atoms with Crippen molar-refractivity contribution >= 4 is 17.7 Å². The quantitative estimate of drug-likeness (QED) is 0.816. The molecule has 0 unspecified atom stereocenters. The predicted octanol–water partition coefficient (Wildman–Crippen LogP) is 3.05. The van der Waals surface area contributed by atoms with Crippen molar-refractivity contribution in [3.8, 4) is 11.5 Å². The number of carbonyl (C=O) groups excluding carboxylic acids is 1. The molecule has 4 nitrogen and oxygen atoms in total. The molecule has 0 fully saturated rings. The van der Waals surface area contributed by atoms with Crippen LogP contribution in [0.2, 0.25) is 0 Å². The van der Waals surface area contributed by atoms with Crippen LogP contribution in [-0.2, 0) is 11.2 Å². The maximum Gasteiger partial charge on any atom is 0.230 e. The molecular weight excluding hydrogens is 329 g/mol. The van der Waals surface area contributed by atoms with Crippen molar-refractivity contribution in [2.45, 2.75) is 11.3 Å². The SMILES string of the molecule is O=C(CSc1ccc(F)cc1)NCCc1ccc2c(c1)OCCO2. The van der Waals surface area contributed by atoms with Gasteiger partial charge in [-0.15, -0.1) is 11.8 Å². The monoisotopic (exact) mass is 347 g/mol. The number of thioether (sulfide) groups is 1. The summed E-state index contributed by atoms with van der Waals surface area (Å²) in [4.78, 5) is 12.7. The zero-order chi connectivity index (χ0) is 16.8. The second-order valence-electron chi connectivity index (χ2n) is 5.32. The van der Waals surface area contributed by atoms with Crippen LogP contribution in [0.25, 0.3) is 0 Å². The summed E-state index contributed by atoms with van der Waals surface area (Å²) in [7, 11) is 0. The van der Waals surface area contributed by atoms with Gasteiger partial charge >= 0.3 is 0 Å². The first-order valence-corrected chi connectivity index (χ1v) is 8.73. The summed E-state index contributed by atoms with van der Waals surface area (Å²) in [6.45, 7) is 1.70. The molecule has 24 heavy (non-hydrogen) atoms. The number of benzene rings is 2. The van der Waals surface area contributed by atoms with Crippen LogP contribution in [0.15, 0.2) is 47.4 Å². The molecule has 0 aromatic heterocycles. The molecular formula is C18H18FNO3S. The third-order valence-corrected chi connectivity index (χ3v) is 4.54. The highest BCUT2D eigenvalue weighted by Gasteiger charge is 2.11. The molecule has 2 aromatic carbocycles. The van der Waals surface area contributed by atoms with Crippen LogP contribution in [0.4, 0.5) is 4.39 Å². The Balaban J connectivity index is 1.41. The number of halogens is 1. The number of amides is 1. The van der Waals surface area contributed by atoms with E-state index >= 15 is 0 Å². The maximum atomic E-state index is 12.8. The minimum Gasteiger partial charge on any atom is -0.486 e. The lowest BCUT2D eigenvalue weighted by Gasteiger charge is -2.18. The van der Waals surface area contributed by atoms with Crippen molar-refractivity contribution in [2.75, 3.05) is 25.5 Å². The van der Waals surface area contributed by atoms with E-state index in [4.69, 9.17) is 9.47 Å². The van der Waals surface area contributed by atoms with Gasteiger partial charge in [0, 0.05) is 11.4 Å². The molecule has 126 valence electrons. The predicted molar refractivity (Wildman–Crippen MR) is 91.3 cm³/mol. The number of carbonyl (C=O) groups is 1. The van der Waals surface area contributed by atoms with E-state index in [9.17, 15) is 9.18 Å². The topological polar surface area (TPSA) is 47.6 Å². The highest BCUT2D eigenvalue weighted by atomic mass is 32.2. The van der Waals surface area contributed by atoms with Gasteiger partial charge in [0.05, 0.1) is 5.75 Å². The second kappa shape index (κ2) is 8.06. The summed E-state index contributed by atoms with van der Waals surface area (Å²) in [6, 6.07) is 12.0. The molecule has 0 saturated carbocycles. The molecule has 1 N–H and O–H groups in total. The Morgan fingerprint density at radius 2 is 1.83 bits per heavy atom. The van der Waals surface area contributed by atoms with E-state index in [1.807, 2.05) is 18.2 Å². The first kappa shape index (κ1) is 16.6. The van der Waals surface area contributed by atoms with Gasteiger partial charge < -0.3 is 14.8 Å². The number of nitrogens with one attached hydrogen (secondary N) is 1. The highest BCUT2D eigenvalue weighted by molar-refractivity contribution is 8.00. The van der Waals surface area contributed by atoms with Crippen LogP contribution < -0.4 is 14.8 Å². The lowest BCUT2D eigenvalue weighted by Crippen LogP contribution is -2.27. The molecule has 1 aliphatic rings. The molecule has 6 heteroatoms. The smallest absolute Gasteiger partial charge is 0.230 e. The molecule has 0 spiro atoms. The van der Waals surface area contributed by atoms with E-state index in [0.717, 1.165) is 28.4 Å². The standard InChI is InChI=1S/C18H18FNO3S/c19-14-2-4-15(5-3-14)24-12-18(21)20-8-7-13-1-6-16-17(11-13)23-10-9-22-16/h1-6,11H,7-10,12H2,(H,20,21). The van der Waals surface area contributed by atoms with Crippen LogP contribution in [0.1, 0.15) is 5.56 Å².